The molecule has 0 nitrogen and oxygen atoms in total. The van der Waals surface area contributed by atoms with E-state index in [9.17, 15) is 0 Å². The zero-order valence-electron chi connectivity index (χ0n) is 15.5. The van der Waals surface area contributed by atoms with Crippen molar-refractivity contribution >= 4 is 5.57 Å². The molecule has 130 valence electrons. The molecule has 3 aromatic rings. The van der Waals surface area contributed by atoms with E-state index in [0.717, 1.165) is 0 Å². The summed E-state index contributed by atoms with van der Waals surface area (Å²) in [4.78, 5) is 0. The summed E-state index contributed by atoms with van der Waals surface area (Å²) in [6.07, 6.45) is 9.03. The first kappa shape index (κ1) is 16.1. The number of hydrogen-bond donors (Lipinski definition) is 0. The van der Waals surface area contributed by atoms with Gasteiger partial charge in [-0.1, -0.05) is 104 Å². The van der Waals surface area contributed by atoms with Crippen molar-refractivity contribution in [1.29, 1.82) is 0 Å². The molecule has 0 spiro atoms. The van der Waals surface area contributed by atoms with Crippen molar-refractivity contribution in [2.75, 3.05) is 0 Å². The Morgan fingerprint density at radius 2 is 1.41 bits per heavy atom. The van der Waals surface area contributed by atoms with Crippen molar-refractivity contribution in [2.45, 2.75) is 12.8 Å². The molecule has 2 unspecified atom stereocenters. The number of hydrogen-bond acceptors (Lipinski definition) is 0. The molecule has 2 aliphatic rings. The van der Waals surface area contributed by atoms with Gasteiger partial charge in [0.25, 0.3) is 0 Å². The molecule has 0 amide bonds. The van der Waals surface area contributed by atoms with Crippen molar-refractivity contribution in [1.82, 2.24) is 0 Å². The van der Waals surface area contributed by atoms with Crippen LogP contribution >= 0.6 is 0 Å². The molecule has 2 aliphatic carbocycles. The molecule has 0 bridgehead atoms. The molecule has 0 heterocycles. The largest absolute Gasteiger partial charge is 0.0764 e. The van der Waals surface area contributed by atoms with Gasteiger partial charge >= 0.3 is 0 Å². The Labute approximate surface area is 161 Å². The van der Waals surface area contributed by atoms with E-state index in [2.05, 4.69) is 110 Å². The summed E-state index contributed by atoms with van der Waals surface area (Å²) in [5.74, 6) is 0.943. The van der Waals surface area contributed by atoms with Crippen LogP contribution in [-0.4, -0.2) is 0 Å². The smallest absolute Gasteiger partial charge is 0.00937 e. The summed E-state index contributed by atoms with van der Waals surface area (Å²) in [5, 5.41) is 0. The molecule has 0 fully saturated rings. The van der Waals surface area contributed by atoms with Crippen LogP contribution in [0.2, 0.25) is 0 Å². The van der Waals surface area contributed by atoms with E-state index in [1.807, 2.05) is 0 Å². The van der Waals surface area contributed by atoms with Crippen molar-refractivity contribution in [2.24, 2.45) is 5.92 Å². The lowest BCUT2D eigenvalue weighted by Crippen LogP contribution is -2.19. The summed E-state index contributed by atoms with van der Waals surface area (Å²) in [7, 11) is 0. The predicted molar refractivity (Wildman–Crippen MR) is 115 cm³/mol. The topological polar surface area (TPSA) is 0 Å². The van der Waals surface area contributed by atoms with Crippen LogP contribution in [0, 0.1) is 5.92 Å². The Kier molecular flexibility index (Phi) is 3.90. The van der Waals surface area contributed by atoms with E-state index in [1.165, 1.54) is 39.0 Å². The molecule has 0 N–H and O–H groups in total. The number of fused-ring (bicyclic) bond motifs is 2. The number of rotatable bonds is 2. The number of allylic oxidation sites excluding steroid dienone is 5. The minimum Gasteiger partial charge on any atom is -0.0764 e. The molecule has 5 rings (SSSR count). The summed E-state index contributed by atoms with van der Waals surface area (Å²) in [5.41, 5.74) is 9.48. The Morgan fingerprint density at radius 1 is 0.667 bits per heavy atom. The molecule has 0 heteroatoms. The quantitative estimate of drug-likeness (QED) is 0.468. The highest BCUT2D eigenvalue weighted by Gasteiger charge is 2.31. The molecular formula is C27H22. The Morgan fingerprint density at radius 3 is 2.30 bits per heavy atom. The lowest BCUT2D eigenvalue weighted by molar-refractivity contribution is 0.614. The summed E-state index contributed by atoms with van der Waals surface area (Å²) in [6.45, 7) is 2.35. The zero-order valence-corrected chi connectivity index (χ0v) is 15.5. The van der Waals surface area contributed by atoms with Gasteiger partial charge < -0.3 is 0 Å². The van der Waals surface area contributed by atoms with Crippen LogP contribution in [0.25, 0.3) is 16.7 Å². The molecule has 0 saturated carbocycles. The molecule has 0 aliphatic heterocycles. The average molecular weight is 346 g/mol. The van der Waals surface area contributed by atoms with Crippen molar-refractivity contribution in [3.8, 4) is 11.1 Å². The molecule has 2 atom stereocenters. The molecule has 27 heavy (non-hydrogen) atoms. The van der Waals surface area contributed by atoms with Crippen LogP contribution in [0.4, 0.5) is 0 Å². The fourth-order valence-corrected chi connectivity index (χ4v) is 4.52. The van der Waals surface area contributed by atoms with E-state index in [1.54, 1.807) is 0 Å². The SMILES string of the molecule is CC1c2ccccc2C(c2cccc(-c3ccccc3)c2)=C2C=CC=CC21. The summed E-state index contributed by atoms with van der Waals surface area (Å²) >= 11 is 0. The maximum atomic E-state index is 2.36. The average Bonchev–Trinajstić information content (AvgIpc) is 2.75. The van der Waals surface area contributed by atoms with Crippen molar-refractivity contribution in [3.05, 3.63) is 125 Å². The second kappa shape index (κ2) is 6.55. The Balaban J connectivity index is 1.74. The highest BCUT2D eigenvalue weighted by Crippen LogP contribution is 2.47. The Bertz CT molecular complexity index is 1080. The van der Waals surface area contributed by atoms with Gasteiger partial charge in [-0.05, 0) is 50.9 Å². The van der Waals surface area contributed by atoms with Gasteiger partial charge in [-0.2, -0.15) is 0 Å². The Hall–Kier alpha value is -3.12. The first-order valence-corrected chi connectivity index (χ1v) is 9.67. The minimum atomic E-state index is 0.445. The van der Waals surface area contributed by atoms with Crippen molar-refractivity contribution < 1.29 is 0 Å². The van der Waals surface area contributed by atoms with E-state index in [-0.39, 0.29) is 0 Å². The van der Waals surface area contributed by atoms with Crippen LogP contribution < -0.4 is 0 Å². The lowest BCUT2D eigenvalue weighted by Gasteiger charge is -2.34. The van der Waals surface area contributed by atoms with Crippen LogP contribution in [0.1, 0.15) is 29.5 Å². The standard InChI is InChI=1S/C27H22/c1-19-23-14-5-7-16-25(23)27(26-17-8-6-15-24(19)26)22-13-9-12-21(18-22)20-10-3-2-4-11-20/h2-19,23H,1H3. The van der Waals surface area contributed by atoms with E-state index in [4.69, 9.17) is 0 Å². The highest BCUT2D eigenvalue weighted by atomic mass is 14.3. The first-order chi connectivity index (χ1) is 13.3. The van der Waals surface area contributed by atoms with E-state index in [0.29, 0.717) is 11.8 Å². The van der Waals surface area contributed by atoms with E-state index < -0.39 is 0 Å². The fourth-order valence-electron chi connectivity index (χ4n) is 4.52. The van der Waals surface area contributed by atoms with Gasteiger partial charge in [-0.3, -0.25) is 0 Å². The first-order valence-electron chi connectivity index (χ1n) is 9.67. The van der Waals surface area contributed by atoms with Crippen LogP contribution in [0.3, 0.4) is 0 Å². The third-order valence-electron chi connectivity index (χ3n) is 5.87. The van der Waals surface area contributed by atoms with Crippen LogP contribution in [0.15, 0.2) is 109 Å². The minimum absolute atomic E-state index is 0.445. The fraction of sp³-hybridized carbons (Fsp3) is 0.111. The highest BCUT2D eigenvalue weighted by molar-refractivity contribution is 5.89. The van der Waals surface area contributed by atoms with Gasteiger partial charge in [-0.15, -0.1) is 0 Å². The summed E-state index contributed by atoms with van der Waals surface area (Å²) < 4.78 is 0. The maximum absolute atomic E-state index is 2.36. The van der Waals surface area contributed by atoms with Gasteiger partial charge in [0.15, 0.2) is 0 Å². The van der Waals surface area contributed by atoms with Gasteiger partial charge in [0.1, 0.15) is 0 Å². The van der Waals surface area contributed by atoms with Gasteiger partial charge in [0, 0.05) is 5.92 Å². The molecular weight excluding hydrogens is 324 g/mol. The molecule has 0 aromatic heterocycles. The zero-order chi connectivity index (χ0) is 18.2. The summed E-state index contributed by atoms with van der Waals surface area (Å²) in [6, 6.07) is 28.5. The predicted octanol–water partition coefficient (Wildman–Crippen LogP) is 7.01. The monoisotopic (exact) mass is 346 g/mol. The third kappa shape index (κ3) is 2.69. The lowest BCUT2D eigenvalue weighted by atomic mass is 9.69. The second-order valence-corrected chi connectivity index (χ2v) is 7.42. The number of benzene rings is 3. The van der Waals surface area contributed by atoms with Crippen LogP contribution in [0.5, 0.6) is 0 Å². The molecule has 0 radical (unpaired) electrons. The van der Waals surface area contributed by atoms with E-state index >= 15 is 0 Å². The van der Waals surface area contributed by atoms with Crippen LogP contribution in [-0.2, 0) is 0 Å². The maximum Gasteiger partial charge on any atom is 0.00937 e. The van der Waals surface area contributed by atoms with Gasteiger partial charge in [-0.25, -0.2) is 0 Å². The molecule has 0 saturated heterocycles. The van der Waals surface area contributed by atoms with Gasteiger partial charge in [0.05, 0.1) is 0 Å². The van der Waals surface area contributed by atoms with Crippen molar-refractivity contribution in [3.63, 3.8) is 0 Å². The molecule has 3 aromatic carbocycles. The van der Waals surface area contributed by atoms with Gasteiger partial charge in [0.2, 0.25) is 0 Å². The third-order valence-corrected chi connectivity index (χ3v) is 5.87. The normalized spacial score (nSPS) is 20.3. The second-order valence-electron chi connectivity index (χ2n) is 7.42.